The van der Waals surface area contributed by atoms with E-state index in [2.05, 4.69) is 5.32 Å². The number of nitrogens with one attached hydrogen (secondary N) is 1. The molecular weight excluding hydrogens is 178 g/mol. The summed E-state index contributed by atoms with van der Waals surface area (Å²) in [6.45, 7) is 0. The number of ether oxygens (including phenoxy) is 1. The number of anilines is 1. The molecule has 0 aromatic heterocycles. The van der Waals surface area contributed by atoms with E-state index in [9.17, 15) is 4.79 Å². The minimum absolute atomic E-state index is 0.0568. The molecule has 14 heavy (non-hydrogen) atoms. The van der Waals surface area contributed by atoms with Crippen molar-refractivity contribution in [3.05, 3.63) is 42.2 Å². The summed E-state index contributed by atoms with van der Waals surface area (Å²) in [5.41, 5.74) is 2.03. The maximum atomic E-state index is 11.6. The van der Waals surface area contributed by atoms with Crippen LogP contribution in [-0.4, -0.2) is 12.0 Å². The Balaban J connectivity index is 2.15. The van der Waals surface area contributed by atoms with Gasteiger partial charge < -0.3 is 10.1 Å². The van der Waals surface area contributed by atoms with E-state index in [-0.39, 0.29) is 17.9 Å². The number of hydrogen-bond donors (Lipinski definition) is 1. The second-order valence-corrected chi connectivity index (χ2v) is 3.49. The van der Waals surface area contributed by atoms with Gasteiger partial charge in [-0.3, -0.25) is 4.79 Å². The van der Waals surface area contributed by atoms with Crippen molar-refractivity contribution >= 4 is 11.6 Å². The molecule has 2 aliphatic rings. The maximum absolute atomic E-state index is 11.6. The predicted molar refractivity (Wildman–Crippen MR) is 51.8 cm³/mol. The molecule has 3 nitrogen and oxygen atoms in total. The zero-order chi connectivity index (χ0) is 9.54. The molecule has 1 aromatic carbocycles. The summed E-state index contributed by atoms with van der Waals surface area (Å²) in [5, 5.41) is 2.83. The van der Waals surface area contributed by atoms with Crippen LogP contribution >= 0.6 is 0 Å². The lowest BCUT2D eigenvalue weighted by Crippen LogP contribution is -2.36. The van der Waals surface area contributed by atoms with E-state index in [1.54, 1.807) is 6.26 Å². The van der Waals surface area contributed by atoms with Crippen LogP contribution in [0, 0.1) is 0 Å². The van der Waals surface area contributed by atoms with Gasteiger partial charge in [0.1, 0.15) is 0 Å². The summed E-state index contributed by atoms with van der Waals surface area (Å²) >= 11 is 0. The minimum atomic E-state index is -0.370. The largest absolute Gasteiger partial charge is 0.488 e. The fraction of sp³-hybridized carbons (Fsp3) is 0.182. The van der Waals surface area contributed by atoms with Gasteiger partial charge in [-0.15, -0.1) is 0 Å². The van der Waals surface area contributed by atoms with Crippen LogP contribution in [0.1, 0.15) is 11.5 Å². The number of fused-ring (bicyclic) bond motifs is 3. The van der Waals surface area contributed by atoms with Gasteiger partial charge in [0.2, 0.25) is 0 Å². The van der Waals surface area contributed by atoms with Gasteiger partial charge in [-0.05, 0) is 17.7 Å². The predicted octanol–water partition coefficient (Wildman–Crippen LogP) is 1.63. The smallest absolute Gasteiger partial charge is 0.266 e. The SMILES string of the molecule is O=C1Nc2ccccc2[C@H]2C=CO[C@H]12. The maximum Gasteiger partial charge on any atom is 0.266 e. The second kappa shape index (κ2) is 2.61. The van der Waals surface area contributed by atoms with Crippen molar-refractivity contribution in [2.75, 3.05) is 5.32 Å². The molecule has 0 aliphatic carbocycles. The summed E-state index contributed by atoms with van der Waals surface area (Å²) in [4.78, 5) is 11.6. The zero-order valence-corrected chi connectivity index (χ0v) is 7.44. The van der Waals surface area contributed by atoms with Crippen molar-refractivity contribution in [1.29, 1.82) is 0 Å². The molecule has 0 bridgehead atoms. The summed E-state index contributed by atoms with van der Waals surface area (Å²) in [7, 11) is 0. The van der Waals surface area contributed by atoms with E-state index in [0.29, 0.717) is 0 Å². The van der Waals surface area contributed by atoms with Crippen LogP contribution in [-0.2, 0) is 9.53 Å². The van der Waals surface area contributed by atoms with E-state index in [0.717, 1.165) is 11.3 Å². The second-order valence-electron chi connectivity index (χ2n) is 3.49. The van der Waals surface area contributed by atoms with Crippen LogP contribution in [0.3, 0.4) is 0 Å². The van der Waals surface area contributed by atoms with Gasteiger partial charge in [-0.2, -0.15) is 0 Å². The molecule has 1 amide bonds. The molecule has 1 N–H and O–H groups in total. The van der Waals surface area contributed by atoms with Crippen LogP contribution in [0.15, 0.2) is 36.6 Å². The first-order valence-corrected chi connectivity index (χ1v) is 4.58. The molecule has 1 aromatic rings. The fourth-order valence-electron chi connectivity index (χ4n) is 2.00. The van der Waals surface area contributed by atoms with Crippen LogP contribution in [0.5, 0.6) is 0 Å². The average molecular weight is 187 g/mol. The van der Waals surface area contributed by atoms with Crippen molar-refractivity contribution in [3.63, 3.8) is 0 Å². The first-order valence-electron chi connectivity index (χ1n) is 4.58. The molecule has 2 heterocycles. The Morgan fingerprint density at radius 2 is 2.14 bits per heavy atom. The van der Waals surface area contributed by atoms with Crippen molar-refractivity contribution in [1.82, 2.24) is 0 Å². The Hall–Kier alpha value is -1.77. The lowest BCUT2D eigenvalue weighted by Gasteiger charge is -2.26. The van der Waals surface area contributed by atoms with E-state index < -0.39 is 0 Å². The van der Waals surface area contributed by atoms with E-state index >= 15 is 0 Å². The number of para-hydroxylation sites is 1. The molecular formula is C11H9NO2. The molecule has 0 spiro atoms. The topological polar surface area (TPSA) is 38.3 Å². The Bertz CT molecular complexity index is 425. The molecule has 2 aliphatic heterocycles. The number of amides is 1. The number of carbonyl (C=O) groups excluding carboxylic acids is 1. The molecule has 3 heteroatoms. The first kappa shape index (κ1) is 7.62. The minimum Gasteiger partial charge on any atom is -0.488 e. The van der Waals surface area contributed by atoms with Gasteiger partial charge in [-0.25, -0.2) is 0 Å². The number of benzene rings is 1. The first-order chi connectivity index (χ1) is 6.86. The van der Waals surface area contributed by atoms with Crippen LogP contribution in [0.4, 0.5) is 5.69 Å². The number of rotatable bonds is 0. The highest BCUT2D eigenvalue weighted by molar-refractivity contribution is 5.99. The molecule has 3 rings (SSSR count). The van der Waals surface area contributed by atoms with Gasteiger partial charge in [0.15, 0.2) is 6.10 Å². The third-order valence-corrected chi connectivity index (χ3v) is 2.67. The highest BCUT2D eigenvalue weighted by Gasteiger charge is 2.37. The highest BCUT2D eigenvalue weighted by Crippen LogP contribution is 2.37. The van der Waals surface area contributed by atoms with Gasteiger partial charge in [0.25, 0.3) is 5.91 Å². The quantitative estimate of drug-likeness (QED) is 0.670. The van der Waals surface area contributed by atoms with Gasteiger partial charge >= 0.3 is 0 Å². The molecule has 0 saturated heterocycles. The van der Waals surface area contributed by atoms with Crippen molar-refractivity contribution < 1.29 is 9.53 Å². The summed E-state index contributed by atoms with van der Waals surface area (Å²) in [6, 6.07) is 7.82. The molecule has 70 valence electrons. The molecule has 0 fully saturated rings. The average Bonchev–Trinajstić information content (AvgIpc) is 2.67. The van der Waals surface area contributed by atoms with Crippen LogP contribution in [0.2, 0.25) is 0 Å². The van der Waals surface area contributed by atoms with Gasteiger partial charge in [0.05, 0.1) is 12.2 Å². The Morgan fingerprint density at radius 3 is 3.07 bits per heavy atom. The van der Waals surface area contributed by atoms with E-state index in [1.807, 2.05) is 30.3 Å². The standard InChI is InChI=1S/C11H9NO2/c13-11-10-8(5-6-14-10)7-3-1-2-4-9(7)12-11/h1-6,8,10H,(H,12,13)/t8-,10+/m1/s1. The third kappa shape index (κ3) is 0.894. The Labute approximate surface area is 81.4 Å². The zero-order valence-electron chi connectivity index (χ0n) is 7.44. The number of hydrogen-bond acceptors (Lipinski definition) is 2. The van der Waals surface area contributed by atoms with E-state index in [1.165, 1.54) is 0 Å². The normalized spacial score (nSPS) is 27.6. The summed E-state index contributed by atoms with van der Waals surface area (Å²) in [6.07, 6.45) is 3.17. The fourth-order valence-corrected chi connectivity index (χ4v) is 2.00. The van der Waals surface area contributed by atoms with Gasteiger partial charge in [0, 0.05) is 5.69 Å². The Morgan fingerprint density at radius 1 is 1.29 bits per heavy atom. The highest BCUT2D eigenvalue weighted by atomic mass is 16.5. The molecule has 0 saturated carbocycles. The summed E-state index contributed by atoms with van der Waals surface area (Å²) in [5.74, 6) is 0.0265. The van der Waals surface area contributed by atoms with Gasteiger partial charge in [-0.1, -0.05) is 18.2 Å². The summed E-state index contributed by atoms with van der Waals surface area (Å²) < 4.78 is 5.23. The van der Waals surface area contributed by atoms with Crippen molar-refractivity contribution in [3.8, 4) is 0 Å². The third-order valence-electron chi connectivity index (χ3n) is 2.67. The van der Waals surface area contributed by atoms with Crippen LogP contribution in [0.25, 0.3) is 0 Å². The molecule has 0 unspecified atom stereocenters. The lowest BCUT2D eigenvalue weighted by molar-refractivity contribution is -0.124. The van der Waals surface area contributed by atoms with Crippen molar-refractivity contribution in [2.24, 2.45) is 0 Å². The Kier molecular flexibility index (Phi) is 1.42. The van der Waals surface area contributed by atoms with Crippen LogP contribution < -0.4 is 5.32 Å². The number of carbonyl (C=O) groups is 1. The lowest BCUT2D eigenvalue weighted by atomic mass is 9.89. The van der Waals surface area contributed by atoms with Crippen molar-refractivity contribution in [2.45, 2.75) is 12.0 Å². The monoisotopic (exact) mass is 187 g/mol. The molecule has 2 atom stereocenters. The molecule has 0 radical (unpaired) electrons. The van der Waals surface area contributed by atoms with E-state index in [4.69, 9.17) is 4.74 Å².